The third-order valence-corrected chi connectivity index (χ3v) is 9.13. The molecule has 0 nitrogen and oxygen atoms in total. The topological polar surface area (TPSA) is 0 Å². The van der Waals surface area contributed by atoms with Crippen molar-refractivity contribution in [3.05, 3.63) is 0 Å². The quantitative estimate of drug-likeness (QED) is 0.435. The highest BCUT2D eigenvalue weighted by Gasteiger charge is 2.40. The molecule has 0 amide bonds. The molecule has 3 aliphatic carbocycles. The molecule has 27 heavy (non-hydrogen) atoms. The third kappa shape index (κ3) is 6.50. The number of hydrogen-bond donors (Lipinski definition) is 0. The molecule has 0 spiro atoms. The van der Waals surface area contributed by atoms with Crippen molar-refractivity contribution in [2.75, 3.05) is 0 Å². The summed E-state index contributed by atoms with van der Waals surface area (Å²) in [7, 11) is 0. The molecule has 3 aliphatic rings. The predicted molar refractivity (Wildman–Crippen MR) is 120 cm³/mol. The van der Waals surface area contributed by atoms with E-state index in [9.17, 15) is 0 Å². The summed E-state index contributed by atoms with van der Waals surface area (Å²) < 4.78 is 0. The van der Waals surface area contributed by atoms with Crippen LogP contribution in [0.3, 0.4) is 0 Å². The Labute approximate surface area is 171 Å². The molecule has 0 heteroatoms. The van der Waals surface area contributed by atoms with E-state index in [1.165, 1.54) is 64.2 Å². The first-order valence-corrected chi connectivity index (χ1v) is 12.8. The summed E-state index contributed by atoms with van der Waals surface area (Å²) in [5.41, 5.74) is 1.18. The normalized spacial score (nSPS) is 42.8. The van der Waals surface area contributed by atoms with E-state index < -0.39 is 0 Å². The first-order chi connectivity index (χ1) is 12.8. The maximum absolute atomic E-state index is 2.57. The molecule has 0 saturated heterocycles. The minimum atomic E-state index is 0.572. The lowest BCUT2D eigenvalue weighted by Gasteiger charge is -2.47. The SMILES string of the molecule is CCC1(C)CC(CCC2CCC(CC3CCC(C)CC3)CC2)CC(C)(C)C1. The standard InChI is InChI=1S/C27H50/c1-6-27(5)19-25(18-26(3,4)20-27)16-13-22-11-14-24(15-12-22)17-23-9-7-21(2)8-10-23/h21-25H,6-20H2,1-5H3. The summed E-state index contributed by atoms with van der Waals surface area (Å²) in [6.07, 6.45) is 22.7. The van der Waals surface area contributed by atoms with Crippen LogP contribution in [0.1, 0.15) is 131 Å². The number of hydrogen-bond acceptors (Lipinski definition) is 0. The molecule has 0 aromatic carbocycles. The van der Waals surface area contributed by atoms with Crippen molar-refractivity contribution in [1.29, 1.82) is 0 Å². The monoisotopic (exact) mass is 374 g/mol. The molecule has 0 aromatic rings. The fraction of sp³-hybridized carbons (Fsp3) is 1.00. The van der Waals surface area contributed by atoms with Crippen LogP contribution in [0.4, 0.5) is 0 Å². The molecule has 3 fully saturated rings. The van der Waals surface area contributed by atoms with Crippen LogP contribution in [0.15, 0.2) is 0 Å². The molecule has 0 N–H and O–H groups in total. The van der Waals surface area contributed by atoms with Gasteiger partial charge in [-0.15, -0.1) is 0 Å². The summed E-state index contributed by atoms with van der Waals surface area (Å²) in [5.74, 6) is 5.23. The van der Waals surface area contributed by atoms with Crippen LogP contribution in [0.25, 0.3) is 0 Å². The minimum absolute atomic E-state index is 0.572. The molecule has 0 radical (unpaired) electrons. The van der Waals surface area contributed by atoms with Gasteiger partial charge in [0.1, 0.15) is 0 Å². The van der Waals surface area contributed by atoms with Gasteiger partial charge in [0.2, 0.25) is 0 Å². The fourth-order valence-electron chi connectivity index (χ4n) is 7.59. The molecule has 158 valence electrons. The van der Waals surface area contributed by atoms with Gasteiger partial charge in [0.15, 0.2) is 0 Å². The van der Waals surface area contributed by atoms with Gasteiger partial charge in [-0.05, 0) is 66.1 Å². The molecular weight excluding hydrogens is 324 g/mol. The van der Waals surface area contributed by atoms with Gasteiger partial charge in [0, 0.05) is 0 Å². The van der Waals surface area contributed by atoms with Gasteiger partial charge in [-0.1, -0.05) is 105 Å². The van der Waals surface area contributed by atoms with E-state index in [-0.39, 0.29) is 0 Å². The molecule has 2 atom stereocenters. The molecule has 3 rings (SSSR count). The van der Waals surface area contributed by atoms with Gasteiger partial charge < -0.3 is 0 Å². The van der Waals surface area contributed by atoms with Gasteiger partial charge in [0.25, 0.3) is 0 Å². The van der Waals surface area contributed by atoms with Crippen LogP contribution in [-0.2, 0) is 0 Å². The van der Waals surface area contributed by atoms with Crippen molar-refractivity contribution in [2.45, 2.75) is 131 Å². The largest absolute Gasteiger partial charge is 0.0649 e. The van der Waals surface area contributed by atoms with Crippen LogP contribution in [0.2, 0.25) is 0 Å². The van der Waals surface area contributed by atoms with E-state index in [0.29, 0.717) is 10.8 Å². The highest BCUT2D eigenvalue weighted by atomic mass is 14.4. The molecule has 0 heterocycles. The number of rotatable bonds is 6. The Balaban J connectivity index is 1.37. The third-order valence-electron chi connectivity index (χ3n) is 9.13. The first-order valence-electron chi connectivity index (χ1n) is 12.8. The van der Waals surface area contributed by atoms with E-state index in [0.717, 1.165) is 29.6 Å². The molecular formula is C27H50. The molecule has 0 aliphatic heterocycles. The minimum Gasteiger partial charge on any atom is -0.0649 e. The van der Waals surface area contributed by atoms with Crippen molar-refractivity contribution in [3.8, 4) is 0 Å². The zero-order valence-electron chi connectivity index (χ0n) is 19.5. The van der Waals surface area contributed by atoms with Crippen molar-refractivity contribution in [2.24, 2.45) is 40.4 Å². The summed E-state index contributed by atoms with van der Waals surface area (Å²) in [6.45, 7) is 12.5. The van der Waals surface area contributed by atoms with E-state index in [2.05, 4.69) is 34.6 Å². The Morgan fingerprint density at radius 3 is 1.78 bits per heavy atom. The Morgan fingerprint density at radius 2 is 1.19 bits per heavy atom. The summed E-state index contributed by atoms with van der Waals surface area (Å²) in [4.78, 5) is 0. The van der Waals surface area contributed by atoms with Crippen molar-refractivity contribution in [3.63, 3.8) is 0 Å². The lowest BCUT2D eigenvalue weighted by Crippen LogP contribution is -2.35. The first kappa shape index (κ1) is 21.7. The maximum atomic E-state index is 2.57. The second-order valence-corrected chi connectivity index (χ2v) is 12.6. The summed E-state index contributed by atoms with van der Waals surface area (Å²) >= 11 is 0. The van der Waals surface area contributed by atoms with Crippen LogP contribution in [-0.4, -0.2) is 0 Å². The van der Waals surface area contributed by atoms with Gasteiger partial charge in [-0.25, -0.2) is 0 Å². The van der Waals surface area contributed by atoms with E-state index in [4.69, 9.17) is 0 Å². The van der Waals surface area contributed by atoms with Crippen LogP contribution < -0.4 is 0 Å². The fourth-order valence-corrected chi connectivity index (χ4v) is 7.59. The predicted octanol–water partition coefficient (Wildman–Crippen LogP) is 9.03. The van der Waals surface area contributed by atoms with Crippen LogP contribution >= 0.6 is 0 Å². The summed E-state index contributed by atoms with van der Waals surface area (Å²) in [6, 6.07) is 0. The zero-order chi connectivity index (χ0) is 19.5. The van der Waals surface area contributed by atoms with Gasteiger partial charge in [-0.3, -0.25) is 0 Å². The van der Waals surface area contributed by atoms with Gasteiger partial charge in [0.05, 0.1) is 0 Å². The second kappa shape index (κ2) is 9.21. The van der Waals surface area contributed by atoms with Crippen LogP contribution in [0, 0.1) is 40.4 Å². The molecule has 0 aromatic heterocycles. The second-order valence-electron chi connectivity index (χ2n) is 12.6. The Bertz CT molecular complexity index is 433. The van der Waals surface area contributed by atoms with Gasteiger partial charge >= 0.3 is 0 Å². The highest BCUT2D eigenvalue weighted by Crippen LogP contribution is 2.52. The molecule has 3 saturated carbocycles. The van der Waals surface area contributed by atoms with Crippen molar-refractivity contribution < 1.29 is 0 Å². The van der Waals surface area contributed by atoms with Crippen molar-refractivity contribution in [1.82, 2.24) is 0 Å². The zero-order valence-corrected chi connectivity index (χ0v) is 19.5. The average molecular weight is 375 g/mol. The highest BCUT2D eigenvalue weighted by molar-refractivity contribution is 4.91. The Hall–Kier alpha value is 0. The van der Waals surface area contributed by atoms with E-state index in [1.54, 1.807) is 32.1 Å². The lowest BCUT2D eigenvalue weighted by molar-refractivity contribution is 0.0436. The Kier molecular flexibility index (Phi) is 7.40. The molecule has 0 bridgehead atoms. The van der Waals surface area contributed by atoms with Gasteiger partial charge in [-0.2, -0.15) is 0 Å². The Morgan fingerprint density at radius 1 is 0.667 bits per heavy atom. The van der Waals surface area contributed by atoms with Crippen molar-refractivity contribution >= 4 is 0 Å². The summed E-state index contributed by atoms with van der Waals surface area (Å²) in [5, 5.41) is 0. The molecule has 2 unspecified atom stereocenters. The lowest BCUT2D eigenvalue weighted by atomic mass is 9.59. The van der Waals surface area contributed by atoms with E-state index >= 15 is 0 Å². The average Bonchev–Trinajstić information content (AvgIpc) is 2.62. The maximum Gasteiger partial charge on any atom is -0.0321 e. The smallest absolute Gasteiger partial charge is 0.0321 e. The van der Waals surface area contributed by atoms with E-state index in [1.807, 2.05) is 0 Å². The van der Waals surface area contributed by atoms with Crippen LogP contribution in [0.5, 0.6) is 0 Å².